The number of nitrogens with one attached hydrogen (secondary N) is 2. The van der Waals surface area contributed by atoms with Gasteiger partial charge < -0.3 is 0 Å². The minimum atomic E-state index is -0.224. The lowest BCUT2D eigenvalue weighted by Crippen LogP contribution is -1.96. The third-order valence-corrected chi connectivity index (χ3v) is 1.73. The number of H-pyrrole nitrogens is 2. The van der Waals surface area contributed by atoms with Crippen LogP contribution in [0.1, 0.15) is 0 Å². The van der Waals surface area contributed by atoms with E-state index >= 15 is 0 Å². The van der Waals surface area contributed by atoms with Crippen LogP contribution in [0.3, 0.4) is 0 Å². The second kappa shape index (κ2) is 2.73. The lowest BCUT2D eigenvalue weighted by Gasteiger charge is -1.88. The summed E-state index contributed by atoms with van der Waals surface area (Å²) in [6.45, 7) is 0. The molecule has 0 atom stereocenters. The maximum absolute atomic E-state index is 11.1. The van der Waals surface area contributed by atoms with Crippen molar-refractivity contribution < 1.29 is 4.79 Å². The molecule has 0 aliphatic rings. The van der Waals surface area contributed by atoms with Gasteiger partial charge in [0.15, 0.2) is 0 Å². The molecule has 0 saturated heterocycles. The van der Waals surface area contributed by atoms with Crippen molar-refractivity contribution in [2.24, 2.45) is 4.99 Å². The van der Waals surface area contributed by atoms with Gasteiger partial charge >= 0.3 is 0 Å². The van der Waals surface area contributed by atoms with E-state index in [1.165, 1.54) is 12.1 Å². The van der Waals surface area contributed by atoms with Gasteiger partial charge in [0, 0.05) is 0 Å². The first kappa shape index (κ1) is 7.52. The summed E-state index contributed by atoms with van der Waals surface area (Å²) in [6.07, 6.45) is 1.41. The van der Waals surface area contributed by atoms with Crippen LogP contribution in [0.25, 0.3) is 10.9 Å². The van der Waals surface area contributed by atoms with E-state index in [4.69, 9.17) is 0 Å². The number of rotatable bonds is 1. The minimum absolute atomic E-state index is 0.224. The zero-order chi connectivity index (χ0) is 9.26. The average molecular weight is 175 g/mol. The Morgan fingerprint density at radius 3 is 2.92 bits per heavy atom. The molecule has 64 valence electrons. The van der Waals surface area contributed by atoms with Crippen molar-refractivity contribution in [2.45, 2.75) is 0 Å². The van der Waals surface area contributed by atoms with E-state index in [1.54, 1.807) is 12.1 Å². The fourth-order valence-corrected chi connectivity index (χ4v) is 1.14. The molecule has 0 spiro atoms. The summed E-state index contributed by atoms with van der Waals surface area (Å²) >= 11 is 0. The van der Waals surface area contributed by atoms with E-state index in [0.29, 0.717) is 16.6 Å². The normalized spacial score (nSPS) is 9.85. The first-order valence-corrected chi connectivity index (χ1v) is 3.59. The third kappa shape index (κ3) is 1.17. The zero-order valence-corrected chi connectivity index (χ0v) is 6.50. The molecule has 0 amide bonds. The van der Waals surface area contributed by atoms with Crippen molar-refractivity contribution in [3.8, 4) is 0 Å². The Kier molecular flexibility index (Phi) is 1.58. The minimum Gasteiger partial charge on any atom is -0.298 e. The summed E-state index contributed by atoms with van der Waals surface area (Å²) in [5.74, 6) is 0. The fourth-order valence-electron chi connectivity index (χ4n) is 1.14. The smallest absolute Gasteiger partial charge is 0.271 e. The highest BCUT2D eigenvalue weighted by molar-refractivity contribution is 5.81. The first-order valence-electron chi connectivity index (χ1n) is 3.59. The summed E-state index contributed by atoms with van der Waals surface area (Å²) in [4.78, 5) is 24.5. The lowest BCUT2D eigenvalue weighted by atomic mass is 10.2. The number of carbonyl (C=O) groups excluding carboxylic acids is 1. The Labute approximate surface area is 72.1 Å². The van der Waals surface area contributed by atoms with Crippen molar-refractivity contribution in [1.29, 1.82) is 0 Å². The van der Waals surface area contributed by atoms with Crippen molar-refractivity contribution >= 4 is 22.7 Å². The molecule has 0 radical (unpaired) electrons. The number of hydrogen-bond donors (Lipinski definition) is 2. The molecule has 0 bridgehead atoms. The molecule has 1 heterocycles. The number of fused-ring (bicyclic) bond motifs is 1. The van der Waals surface area contributed by atoms with E-state index in [9.17, 15) is 9.59 Å². The topological polar surface area (TPSA) is 78.1 Å². The number of aromatic nitrogens is 2. The van der Waals surface area contributed by atoms with E-state index in [0.717, 1.165) is 0 Å². The van der Waals surface area contributed by atoms with Crippen molar-refractivity contribution in [3.05, 3.63) is 28.6 Å². The van der Waals surface area contributed by atoms with E-state index < -0.39 is 0 Å². The molecule has 0 aliphatic heterocycles. The molecule has 5 heteroatoms. The van der Waals surface area contributed by atoms with Gasteiger partial charge in [-0.2, -0.15) is 4.99 Å². The molecular weight excluding hydrogens is 170 g/mol. The Morgan fingerprint density at radius 2 is 2.15 bits per heavy atom. The molecule has 1 aromatic carbocycles. The van der Waals surface area contributed by atoms with Crippen LogP contribution in [0.5, 0.6) is 0 Å². The van der Waals surface area contributed by atoms with Gasteiger partial charge in [0.2, 0.25) is 6.08 Å². The number of hydrogen-bond acceptors (Lipinski definition) is 3. The van der Waals surface area contributed by atoms with E-state index in [1.807, 2.05) is 0 Å². The van der Waals surface area contributed by atoms with Crippen LogP contribution in [0.15, 0.2) is 28.0 Å². The number of nitrogens with zero attached hydrogens (tertiary/aromatic N) is 1. The standard InChI is InChI=1S/C8H5N3O2/c12-4-9-5-1-2-7-6(3-5)8(13)11-10-7/h1-3H,(H2,10,11,13). The van der Waals surface area contributed by atoms with Crippen molar-refractivity contribution in [3.63, 3.8) is 0 Å². The van der Waals surface area contributed by atoms with Gasteiger partial charge in [-0.15, -0.1) is 0 Å². The number of benzene rings is 1. The van der Waals surface area contributed by atoms with Gasteiger partial charge in [-0.05, 0) is 18.2 Å². The molecule has 5 nitrogen and oxygen atoms in total. The van der Waals surface area contributed by atoms with Gasteiger partial charge in [-0.3, -0.25) is 15.0 Å². The maximum atomic E-state index is 11.1. The predicted molar refractivity (Wildman–Crippen MR) is 46.7 cm³/mol. The molecule has 2 rings (SSSR count). The van der Waals surface area contributed by atoms with Crippen LogP contribution in [0.4, 0.5) is 5.69 Å². The van der Waals surface area contributed by atoms with E-state index in [2.05, 4.69) is 15.2 Å². The Bertz CT molecular complexity index is 546. The molecule has 0 saturated carbocycles. The molecular formula is C8H5N3O2. The van der Waals surface area contributed by atoms with Gasteiger partial charge in [-0.1, -0.05) is 0 Å². The lowest BCUT2D eigenvalue weighted by molar-refractivity contribution is 0.565. The molecule has 0 aliphatic carbocycles. The molecule has 1 aromatic heterocycles. The summed E-state index contributed by atoms with van der Waals surface area (Å²) in [5.41, 5.74) is 0.889. The Morgan fingerprint density at radius 1 is 1.31 bits per heavy atom. The highest BCUT2D eigenvalue weighted by Gasteiger charge is 2.00. The first-order chi connectivity index (χ1) is 6.31. The molecule has 2 N–H and O–H groups in total. The van der Waals surface area contributed by atoms with Crippen LogP contribution >= 0.6 is 0 Å². The van der Waals surface area contributed by atoms with Crippen molar-refractivity contribution in [1.82, 2.24) is 10.2 Å². The molecule has 13 heavy (non-hydrogen) atoms. The van der Waals surface area contributed by atoms with Gasteiger partial charge in [0.1, 0.15) is 0 Å². The summed E-state index contributed by atoms with van der Waals surface area (Å²) in [6, 6.07) is 4.82. The number of isocyanates is 1. The highest BCUT2D eigenvalue weighted by atomic mass is 16.1. The van der Waals surface area contributed by atoms with Gasteiger partial charge in [-0.25, -0.2) is 4.79 Å². The predicted octanol–water partition coefficient (Wildman–Crippen LogP) is 0.823. The largest absolute Gasteiger partial charge is 0.298 e. The molecule has 2 aromatic rings. The van der Waals surface area contributed by atoms with Gasteiger partial charge in [0.05, 0.1) is 16.6 Å². The highest BCUT2D eigenvalue weighted by Crippen LogP contribution is 2.15. The number of aromatic amines is 2. The summed E-state index contributed by atoms with van der Waals surface area (Å²) in [7, 11) is 0. The second-order valence-corrected chi connectivity index (χ2v) is 2.51. The van der Waals surface area contributed by atoms with E-state index in [-0.39, 0.29) is 5.56 Å². The fraction of sp³-hybridized carbons (Fsp3) is 0. The monoisotopic (exact) mass is 175 g/mol. The van der Waals surface area contributed by atoms with Crippen molar-refractivity contribution in [2.75, 3.05) is 0 Å². The van der Waals surface area contributed by atoms with Crippen LogP contribution in [-0.2, 0) is 4.79 Å². The summed E-state index contributed by atoms with van der Waals surface area (Å²) < 4.78 is 0. The molecule has 0 fully saturated rings. The van der Waals surface area contributed by atoms with Crippen LogP contribution in [0, 0.1) is 0 Å². The van der Waals surface area contributed by atoms with Gasteiger partial charge in [0.25, 0.3) is 5.56 Å². The maximum Gasteiger partial charge on any atom is 0.271 e. The zero-order valence-electron chi connectivity index (χ0n) is 6.50. The van der Waals surface area contributed by atoms with Crippen LogP contribution in [0.2, 0.25) is 0 Å². The number of aliphatic imine (C=N–C) groups is 1. The molecule has 0 unspecified atom stereocenters. The SMILES string of the molecule is O=C=Nc1ccc2[nH][nH]c(=O)c2c1. The quantitative estimate of drug-likeness (QED) is 0.497. The average Bonchev–Trinajstić information content (AvgIpc) is 2.49. The second-order valence-electron chi connectivity index (χ2n) is 2.51. The summed E-state index contributed by atoms with van der Waals surface area (Å²) in [5, 5.41) is 5.59. The van der Waals surface area contributed by atoms with Crippen LogP contribution < -0.4 is 5.56 Å². The third-order valence-electron chi connectivity index (χ3n) is 1.73. The Hall–Kier alpha value is -2.13. The Balaban J connectivity index is 2.79. The van der Waals surface area contributed by atoms with Crippen LogP contribution in [-0.4, -0.2) is 16.3 Å².